The summed E-state index contributed by atoms with van der Waals surface area (Å²) in [4.78, 5) is 7.62. The zero-order chi connectivity index (χ0) is 15.3. The van der Waals surface area contributed by atoms with Gasteiger partial charge in [0.2, 0.25) is 10.0 Å². The molecule has 0 aliphatic carbocycles. The van der Waals surface area contributed by atoms with Crippen LogP contribution < -0.4 is 4.72 Å². The third-order valence-electron chi connectivity index (χ3n) is 2.70. The van der Waals surface area contributed by atoms with Crippen molar-refractivity contribution in [3.8, 4) is 0 Å². The van der Waals surface area contributed by atoms with Crippen LogP contribution >= 0.6 is 0 Å². The third kappa shape index (κ3) is 4.83. The van der Waals surface area contributed by atoms with Crippen LogP contribution in [-0.4, -0.2) is 24.9 Å². The summed E-state index contributed by atoms with van der Waals surface area (Å²) >= 11 is 0. The summed E-state index contributed by atoms with van der Waals surface area (Å²) in [5, 5.41) is 0. The summed E-state index contributed by atoms with van der Waals surface area (Å²) in [6, 6.07) is 2.72. The molecule has 2 aromatic rings. The molecule has 0 amide bonds. The van der Waals surface area contributed by atoms with Gasteiger partial charge in [-0.3, -0.25) is 0 Å². The first kappa shape index (κ1) is 15.5. The van der Waals surface area contributed by atoms with Crippen molar-refractivity contribution >= 4 is 10.0 Å². The van der Waals surface area contributed by atoms with E-state index in [1.807, 2.05) is 0 Å². The largest absolute Gasteiger partial charge is 0.245 e. The lowest BCUT2D eigenvalue weighted by Crippen LogP contribution is -2.27. The number of rotatable bonds is 6. The number of benzene rings is 1. The number of halogens is 2. The molecule has 0 spiro atoms. The Morgan fingerprint density at radius 2 is 1.86 bits per heavy atom. The molecule has 0 bridgehead atoms. The van der Waals surface area contributed by atoms with Gasteiger partial charge in [0, 0.05) is 24.5 Å². The summed E-state index contributed by atoms with van der Waals surface area (Å²) < 4.78 is 52.4. The van der Waals surface area contributed by atoms with Crippen molar-refractivity contribution in [2.75, 3.05) is 6.54 Å². The number of nitrogens with one attached hydrogen (secondary N) is 1. The molecule has 0 saturated carbocycles. The van der Waals surface area contributed by atoms with Crippen molar-refractivity contribution < 1.29 is 17.2 Å². The minimum absolute atomic E-state index is 0.132. The molecule has 21 heavy (non-hydrogen) atoms. The van der Waals surface area contributed by atoms with E-state index in [1.165, 1.54) is 6.33 Å². The highest BCUT2D eigenvalue weighted by Crippen LogP contribution is 2.12. The highest BCUT2D eigenvalue weighted by atomic mass is 32.2. The quantitative estimate of drug-likeness (QED) is 0.875. The van der Waals surface area contributed by atoms with Crippen molar-refractivity contribution in [1.82, 2.24) is 14.7 Å². The van der Waals surface area contributed by atoms with E-state index in [-0.39, 0.29) is 12.1 Å². The lowest BCUT2D eigenvalue weighted by molar-refractivity contribution is 0.570. The fraction of sp³-hybridized carbons (Fsp3) is 0.231. The SMILES string of the molecule is O=S(=O)(Cc1cc(F)ccc1F)NCCc1cncnc1. The van der Waals surface area contributed by atoms with Crippen LogP contribution in [0.4, 0.5) is 8.78 Å². The molecule has 2 rings (SSSR count). The average Bonchev–Trinajstić information content (AvgIpc) is 2.43. The minimum Gasteiger partial charge on any atom is -0.245 e. The fourth-order valence-corrected chi connectivity index (χ4v) is 2.87. The normalized spacial score (nSPS) is 11.5. The van der Waals surface area contributed by atoms with Crippen molar-refractivity contribution in [2.24, 2.45) is 0 Å². The summed E-state index contributed by atoms with van der Waals surface area (Å²) in [5.74, 6) is -2.04. The Hall–Kier alpha value is -1.93. The van der Waals surface area contributed by atoms with Crippen LogP contribution in [0.25, 0.3) is 0 Å². The maximum absolute atomic E-state index is 13.4. The van der Waals surface area contributed by atoms with Crippen molar-refractivity contribution in [2.45, 2.75) is 12.2 Å². The monoisotopic (exact) mass is 313 g/mol. The van der Waals surface area contributed by atoms with E-state index in [2.05, 4.69) is 14.7 Å². The predicted octanol–water partition coefficient (Wildman–Crippen LogP) is 1.42. The summed E-state index contributed by atoms with van der Waals surface area (Å²) in [6.45, 7) is 0.132. The highest BCUT2D eigenvalue weighted by Gasteiger charge is 2.15. The smallest absolute Gasteiger partial charge is 0.215 e. The molecule has 0 aliphatic heterocycles. The molecule has 1 aromatic heterocycles. The summed E-state index contributed by atoms with van der Waals surface area (Å²) in [7, 11) is -3.74. The van der Waals surface area contributed by atoms with E-state index in [1.54, 1.807) is 12.4 Å². The zero-order valence-electron chi connectivity index (χ0n) is 11.0. The number of hydrogen-bond acceptors (Lipinski definition) is 4. The molecular weight excluding hydrogens is 300 g/mol. The lowest BCUT2D eigenvalue weighted by atomic mass is 10.2. The summed E-state index contributed by atoms with van der Waals surface area (Å²) in [5.41, 5.74) is 0.572. The first-order valence-electron chi connectivity index (χ1n) is 6.11. The minimum atomic E-state index is -3.74. The molecule has 0 unspecified atom stereocenters. The van der Waals surface area contributed by atoms with Crippen LogP contribution in [0, 0.1) is 11.6 Å². The molecule has 1 N–H and O–H groups in total. The van der Waals surface area contributed by atoms with Gasteiger partial charge >= 0.3 is 0 Å². The molecule has 0 aliphatic rings. The van der Waals surface area contributed by atoms with Gasteiger partial charge in [0.05, 0.1) is 5.75 Å². The molecule has 0 atom stereocenters. The van der Waals surface area contributed by atoms with Gasteiger partial charge in [0.1, 0.15) is 18.0 Å². The third-order valence-corrected chi connectivity index (χ3v) is 4.04. The van der Waals surface area contributed by atoms with Gasteiger partial charge in [0.15, 0.2) is 0 Å². The second kappa shape index (κ2) is 6.68. The van der Waals surface area contributed by atoms with Crippen molar-refractivity contribution in [3.05, 3.63) is 59.7 Å². The Labute approximate surface area is 121 Å². The Kier molecular flexibility index (Phi) is 4.92. The maximum Gasteiger partial charge on any atom is 0.215 e. The molecule has 1 heterocycles. The standard InChI is InChI=1S/C13H13F2N3O2S/c14-12-1-2-13(15)11(5-12)8-21(19,20)18-4-3-10-6-16-9-17-7-10/h1-2,5-7,9,18H,3-4,8H2. The van der Waals surface area contributed by atoms with Gasteiger partial charge in [-0.05, 0) is 30.2 Å². The molecule has 5 nitrogen and oxygen atoms in total. The van der Waals surface area contributed by atoms with Gasteiger partial charge in [-0.15, -0.1) is 0 Å². The van der Waals surface area contributed by atoms with E-state index >= 15 is 0 Å². The topological polar surface area (TPSA) is 72.0 Å². The average molecular weight is 313 g/mol. The maximum atomic E-state index is 13.4. The van der Waals surface area contributed by atoms with Gasteiger partial charge in [-0.25, -0.2) is 31.9 Å². The molecule has 0 fully saturated rings. The lowest BCUT2D eigenvalue weighted by Gasteiger charge is -2.07. The van der Waals surface area contributed by atoms with Crippen LogP contribution in [0.1, 0.15) is 11.1 Å². The van der Waals surface area contributed by atoms with E-state index in [0.717, 1.165) is 23.8 Å². The Morgan fingerprint density at radius 1 is 1.14 bits per heavy atom. The van der Waals surface area contributed by atoms with Crippen LogP contribution in [0.5, 0.6) is 0 Å². The van der Waals surface area contributed by atoms with Crippen molar-refractivity contribution in [1.29, 1.82) is 0 Å². The van der Waals surface area contributed by atoms with Gasteiger partial charge in [-0.2, -0.15) is 0 Å². The molecule has 0 radical (unpaired) electrons. The molecular formula is C13H13F2N3O2S. The molecule has 112 valence electrons. The second-order valence-electron chi connectivity index (χ2n) is 4.39. The molecule has 1 aromatic carbocycles. The van der Waals surface area contributed by atoms with Crippen LogP contribution in [-0.2, 0) is 22.2 Å². The Balaban J connectivity index is 1.94. The summed E-state index contributed by atoms with van der Waals surface area (Å²) in [6.07, 6.45) is 4.94. The second-order valence-corrected chi connectivity index (χ2v) is 6.19. The van der Waals surface area contributed by atoms with Gasteiger partial charge in [-0.1, -0.05) is 0 Å². The predicted molar refractivity (Wildman–Crippen MR) is 72.7 cm³/mol. The van der Waals surface area contributed by atoms with Crippen LogP contribution in [0.2, 0.25) is 0 Å². The van der Waals surface area contributed by atoms with Crippen molar-refractivity contribution in [3.63, 3.8) is 0 Å². The molecule has 0 saturated heterocycles. The van der Waals surface area contributed by atoms with E-state index in [4.69, 9.17) is 0 Å². The molecule has 8 heteroatoms. The first-order valence-corrected chi connectivity index (χ1v) is 7.77. The van der Waals surface area contributed by atoms with Crippen LogP contribution in [0.15, 0.2) is 36.9 Å². The fourth-order valence-electron chi connectivity index (χ4n) is 1.72. The van der Waals surface area contributed by atoms with Gasteiger partial charge in [0.25, 0.3) is 0 Å². The van der Waals surface area contributed by atoms with E-state index in [0.29, 0.717) is 6.42 Å². The number of nitrogens with zero attached hydrogens (tertiary/aromatic N) is 2. The number of aromatic nitrogens is 2. The number of sulfonamides is 1. The zero-order valence-corrected chi connectivity index (χ0v) is 11.8. The first-order chi connectivity index (χ1) is 9.96. The van der Waals surface area contributed by atoms with E-state index < -0.39 is 27.4 Å². The van der Waals surface area contributed by atoms with E-state index in [9.17, 15) is 17.2 Å². The van der Waals surface area contributed by atoms with Crippen LogP contribution in [0.3, 0.4) is 0 Å². The Bertz CT molecular complexity index is 709. The van der Waals surface area contributed by atoms with Gasteiger partial charge < -0.3 is 0 Å². The Morgan fingerprint density at radius 3 is 2.57 bits per heavy atom. The highest BCUT2D eigenvalue weighted by molar-refractivity contribution is 7.88. The number of hydrogen-bond donors (Lipinski definition) is 1.